The third kappa shape index (κ3) is 2.40. The van der Waals surface area contributed by atoms with E-state index in [-0.39, 0.29) is 10.9 Å². The second-order valence-electron chi connectivity index (χ2n) is 4.08. The summed E-state index contributed by atoms with van der Waals surface area (Å²) in [6.45, 7) is 3.99. The number of piperidine rings is 1. The Bertz CT molecular complexity index is 319. The topological polar surface area (TPSA) is 20.3 Å². The Morgan fingerprint density at radius 1 is 1.53 bits per heavy atom. The normalized spacial score (nSPS) is 30.0. The molecular formula is C11H16ClNOS. The highest BCUT2D eigenvalue weighted by Crippen LogP contribution is 2.50. The van der Waals surface area contributed by atoms with E-state index in [0.29, 0.717) is 0 Å². The first-order valence-corrected chi connectivity index (χ1v) is 7.10. The number of carbonyl (C=O) groups excluding carboxylic acids is 1. The van der Waals surface area contributed by atoms with Crippen molar-refractivity contribution in [1.29, 1.82) is 0 Å². The third-order valence-electron chi connectivity index (χ3n) is 3.06. The smallest absolute Gasteiger partial charge is 0.209 e. The monoisotopic (exact) mass is 245 g/mol. The fourth-order valence-electron chi connectivity index (χ4n) is 2.21. The Kier molecular flexibility index (Phi) is 3.42. The summed E-state index contributed by atoms with van der Waals surface area (Å²) < 4.78 is 0. The number of thiol groups is 1. The maximum Gasteiger partial charge on any atom is 0.209 e. The van der Waals surface area contributed by atoms with Crippen LogP contribution in [0.2, 0.25) is 0 Å². The van der Waals surface area contributed by atoms with E-state index in [9.17, 15) is 4.79 Å². The van der Waals surface area contributed by atoms with Crippen molar-refractivity contribution < 1.29 is 4.79 Å². The Morgan fingerprint density at radius 3 is 2.67 bits per heavy atom. The van der Waals surface area contributed by atoms with Crippen LogP contribution in [0.1, 0.15) is 19.8 Å². The highest BCUT2D eigenvalue weighted by atomic mass is 35.5. The lowest BCUT2D eigenvalue weighted by atomic mass is 10.1. The van der Waals surface area contributed by atoms with E-state index >= 15 is 0 Å². The van der Waals surface area contributed by atoms with Crippen molar-refractivity contribution >= 4 is 28.9 Å². The molecule has 1 fully saturated rings. The van der Waals surface area contributed by atoms with Gasteiger partial charge in [-0.3, -0.25) is 4.79 Å². The maximum atomic E-state index is 10.6. The Labute approximate surface area is 98.3 Å². The van der Waals surface area contributed by atoms with Gasteiger partial charge in [0.1, 0.15) is 0 Å². The molecule has 1 unspecified atom stereocenters. The van der Waals surface area contributed by atoms with Crippen molar-refractivity contribution in [2.24, 2.45) is 0 Å². The van der Waals surface area contributed by atoms with Crippen LogP contribution in [-0.2, 0) is 4.79 Å². The molecule has 2 rings (SSSR count). The van der Waals surface area contributed by atoms with Crippen molar-refractivity contribution in [3.63, 3.8) is 0 Å². The molecule has 0 aliphatic carbocycles. The molecule has 1 atom stereocenters. The van der Waals surface area contributed by atoms with E-state index < -0.39 is 0 Å². The van der Waals surface area contributed by atoms with Crippen LogP contribution in [0, 0.1) is 0 Å². The minimum atomic E-state index is -0.163. The zero-order valence-electron chi connectivity index (χ0n) is 8.82. The standard InChI is InChI=1S/C11H16ClNOS/c1-9-6-10(12)7-15(9)11-2-4-13(8-14)5-3-11/h6-8,11,15H,2-5H2,1H3. The van der Waals surface area contributed by atoms with Gasteiger partial charge in [0.15, 0.2) is 0 Å². The molecule has 84 valence electrons. The summed E-state index contributed by atoms with van der Waals surface area (Å²) in [4.78, 5) is 13.9. The third-order valence-corrected chi connectivity index (χ3v) is 6.23. The van der Waals surface area contributed by atoms with Gasteiger partial charge in [-0.15, -0.1) is 0 Å². The second-order valence-corrected chi connectivity index (χ2v) is 7.02. The van der Waals surface area contributed by atoms with Gasteiger partial charge in [-0.25, -0.2) is 10.9 Å². The van der Waals surface area contributed by atoms with Crippen molar-refractivity contribution in [1.82, 2.24) is 4.90 Å². The highest BCUT2D eigenvalue weighted by Gasteiger charge is 2.25. The van der Waals surface area contributed by atoms with Crippen LogP contribution in [-0.4, -0.2) is 29.6 Å². The van der Waals surface area contributed by atoms with Crippen LogP contribution in [0.15, 0.2) is 21.4 Å². The molecule has 2 nitrogen and oxygen atoms in total. The molecule has 15 heavy (non-hydrogen) atoms. The van der Waals surface area contributed by atoms with E-state index in [1.807, 2.05) is 4.90 Å². The molecule has 2 aliphatic heterocycles. The molecule has 2 aliphatic rings. The Hall–Kier alpha value is -0.410. The van der Waals surface area contributed by atoms with Crippen LogP contribution in [0.4, 0.5) is 0 Å². The van der Waals surface area contributed by atoms with Gasteiger partial charge in [-0.05, 0) is 41.4 Å². The van der Waals surface area contributed by atoms with Gasteiger partial charge >= 0.3 is 0 Å². The largest absolute Gasteiger partial charge is 0.345 e. The molecule has 0 spiro atoms. The SMILES string of the molecule is CC1=CC(Cl)=C[SH]1C1CCN(C=O)CC1. The molecule has 0 N–H and O–H groups in total. The lowest BCUT2D eigenvalue weighted by Gasteiger charge is -2.34. The van der Waals surface area contributed by atoms with Crippen molar-refractivity contribution in [2.75, 3.05) is 13.1 Å². The number of hydrogen-bond donors (Lipinski definition) is 1. The minimum absolute atomic E-state index is 0.163. The summed E-state index contributed by atoms with van der Waals surface area (Å²) in [6.07, 6.45) is 5.29. The van der Waals surface area contributed by atoms with Gasteiger partial charge in [-0.2, -0.15) is 0 Å². The average Bonchev–Trinajstić information content (AvgIpc) is 2.58. The average molecular weight is 246 g/mol. The number of halogens is 1. The van der Waals surface area contributed by atoms with E-state index in [4.69, 9.17) is 11.6 Å². The quantitative estimate of drug-likeness (QED) is 0.586. The molecule has 0 aromatic rings. The lowest BCUT2D eigenvalue weighted by molar-refractivity contribution is -0.118. The molecular weight excluding hydrogens is 230 g/mol. The lowest BCUT2D eigenvalue weighted by Crippen LogP contribution is -2.34. The van der Waals surface area contributed by atoms with Crippen molar-refractivity contribution in [2.45, 2.75) is 25.0 Å². The summed E-state index contributed by atoms with van der Waals surface area (Å²) >= 11 is 6.01. The molecule has 4 heteroatoms. The summed E-state index contributed by atoms with van der Waals surface area (Å²) in [5, 5.41) is 3.84. The number of rotatable bonds is 2. The van der Waals surface area contributed by atoms with Gasteiger partial charge in [0.25, 0.3) is 0 Å². The number of amides is 1. The van der Waals surface area contributed by atoms with Crippen LogP contribution in [0.5, 0.6) is 0 Å². The minimum Gasteiger partial charge on any atom is -0.345 e. The summed E-state index contributed by atoms with van der Waals surface area (Å²) in [5.41, 5.74) is 0. The van der Waals surface area contributed by atoms with Crippen molar-refractivity contribution in [3.8, 4) is 0 Å². The zero-order chi connectivity index (χ0) is 10.8. The molecule has 0 aromatic heterocycles. The second kappa shape index (κ2) is 4.62. The first-order chi connectivity index (χ1) is 7.20. The van der Waals surface area contributed by atoms with Crippen molar-refractivity contribution in [3.05, 3.63) is 21.4 Å². The van der Waals surface area contributed by atoms with Crippen LogP contribution in [0.3, 0.4) is 0 Å². The molecule has 0 bridgehead atoms. The molecule has 1 saturated heterocycles. The molecule has 1 amide bonds. The van der Waals surface area contributed by atoms with E-state index in [1.54, 1.807) is 0 Å². The first kappa shape index (κ1) is 11.1. The van der Waals surface area contributed by atoms with Gasteiger partial charge in [0.2, 0.25) is 6.41 Å². The molecule has 0 saturated carbocycles. The first-order valence-electron chi connectivity index (χ1n) is 5.24. The zero-order valence-corrected chi connectivity index (χ0v) is 10.5. The van der Waals surface area contributed by atoms with Crippen LogP contribution in [0.25, 0.3) is 0 Å². The summed E-state index contributed by atoms with van der Waals surface area (Å²) in [6, 6.07) is 0. The summed E-state index contributed by atoms with van der Waals surface area (Å²) in [7, 11) is -0.163. The van der Waals surface area contributed by atoms with Gasteiger partial charge in [0, 0.05) is 18.1 Å². The Morgan fingerprint density at radius 2 is 2.20 bits per heavy atom. The van der Waals surface area contributed by atoms with Crippen LogP contribution < -0.4 is 0 Å². The molecule has 0 radical (unpaired) electrons. The summed E-state index contributed by atoms with van der Waals surface area (Å²) in [5.74, 6) is 0. The molecule has 2 heterocycles. The number of hydrogen-bond acceptors (Lipinski definition) is 1. The fourth-order valence-corrected chi connectivity index (χ4v) is 5.17. The van der Waals surface area contributed by atoms with Gasteiger partial charge in [0.05, 0.1) is 0 Å². The highest BCUT2D eigenvalue weighted by molar-refractivity contribution is 8.23. The Balaban J connectivity index is 1.97. The van der Waals surface area contributed by atoms with E-state index in [0.717, 1.165) is 42.6 Å². The number of nitrogens with zero attached hydrogens (tertiary/aromatic N) is 1. The predicted molar refractivity (Wildman–Crippen MR) is 67.3 cm³/mol. The van der Waals surface area contributed by atoms with Gasteiger partial charge < -0.3 is 4.90 Å². The van der Waals surface area contributed by atoms with E-state index in [2.05, 4.69) is 18.4 Å². The predicted octanol–water partition coefficient (Wildman–Crippen LogP) is 2.61. The van der Waals surface area contributed by atoms with E-state index in [1.165, 1.54) is 4.91 Å². The fraction of sp³-hybridized carbons (Fsp3) is 0.545. The van der Waals surface area contributed by atoms with Crippen LogP contribution >= 0.6 is 22.5 Å². The molecule has 0 aromatic carbocycles. The number of allylic oxidation sites excluding steroid dienone is 3. The number of carbonyl (C=O) groups is 1. The maximum absolute atomic E-state index is 10.6. The number of likely N-dealkylation sites (tertiary alicyclic amines) is 1. The van der Waals surface area contributed by atoms with Gasteiger partial charge in [-0.1, -0.05) is 11.6 Å².